The van der Waals surface area contributed by atoms with Crippen molar-refractivity contribution in [2.75, 3.05) is 34.3 Å². The van der Waals surface area contributed by atoms with Gasteiger partial charge in [-0.15, -0.1) is 0 Å². The average molecular weight is 315 g/mol. The molecule has 0 aliphatic heterocycles. The van der Waals surface area contributed by atoms with Gasteiger partial charge in [-0.05, 0) is 44.6 Å². The zero-order valence-corrected chi connectivity index (χ0v) is 13.9. The molecule has 0 fully saturated rings. The molecule has 1 atom stereocenters. The molecule has 1 aromatic rings. The summed E-state index contributed by atoms with van der Waals surface area (Å²) in [6.07, 6.45) is 0.769. The molecule has 0 bridgehead atoms. The van der Waals surface area contributed by atoms with E-state index < -0.39 is 10.2 Å². The van der Waals surface area contributed by atoms with Gasteiger partial charge < -0.3 is 10.1 Å². The molecule has 120 valence electrons. The SMILES string of the molecule is CNCCCN(C)S(=O)(=O)NC(C)c1ccc(OC)cc1. The van der Waals surface area contributed by atoms with Crippen molar-refractivity contribution in [3.63, 3.8) is 0 Å². The van der Waals surface area contributed by atoms with Crippen LogP contribution in [0.15, 0.2) is 24.3 Å². The predicted octanol–water partition coefficient (Wildman–Crippen LogP) is 1.13. The van der Waals surface area contributed by atoms with Crippen LogP contribution >= 0.6 is 0 Å². The molecule has 0 aromatic heterocycles. The van der Waals surface area contributed by atoms with Gasteiger partial charge in [0.25, 0.3) is 10.2 Å². The van der Waals surface area contributed by atoms with Crippen molar-refractivity contribution in [3.8, 4) is 5.75 Å². The summed E-state index contributed by atoms with van der Waals surface area (Å²) in [6, 6.07) is 7.04. The Kier molecular flexibility index (Phi) is 7.10. The number of nitrogens with one attached hydrogen (secondary N) is 2. The second-order valence-corrected chi connectivity index (χ2v) is 6.71. The van der Waals surface area contributed by atoms with E-state index in [0.29, 0.717) is 6.54 Å². The van der Waals surface area contributed by atoms with E-state index in [-0.39, 0.29) is 6.04 Å². The van der Waals surface area contributed by atoms with Gasteiger partial charge in [0.1, 0.15) is 5.75 Å². The highest BCUT2D eigenvalue weighted by molar-refractivity contribution is 7.87. The summed E-state index contributed by atoms with van der Waals surface area (Å²) >= 11 is 0. The zero-order valence-electron chi connectivity index (χ0n) is 13.1. The highest BCUT2D eigenvalue weighted by atomic mass is 32.2. The molecule has 1 aromatic carbocycles. The van der Waals surface area contributed by atoms with Crippen LogP contribution in [0.4, 0.5) is 0 Å². The Labute approximate surface area is 127 Å². The van der Waals surface area contributed by atoms with E-state index in [2.05, 4.69) is 10.0 Å². The van der Waals surface area contributed by atoms with Gasteiger partial charge >= 0.3 is 0 Å². The first-order chi connectivity index (χ1) is 9.90. The van der Waals surface area contributed by atoms with Gasteiger partial charge in [0.05, 0.1) is 7.11 Å². The second kappa shape index (κ2) is 8.33. The van der Waals surface area contributed by atoms with Crippen LogP contribution in [0.5, 0.6) is 5.75 Å². The number of rotatable bonds is 9. The lowest BCUT2D eigenvalue weighted by Crippen LogP contribution is -2.40. The van der Waals surface area contributed by atoms with Crippen LogP contribution in [0.2, 0.25) is 0 Å². The Morgan fingerprint density at radius 3 is 2.43 bits per heavy atom. The molecule has 1 rings (SSSR count). The summed E-state index contributed by atoms with van der Waals surface area (Å²) in [5, 5.41) is 3.00. The summed E-state index contributed by atoms with van der Waals surface area (Å²) in [5.74, 6) is 0.748. The summed E-state index contributed by atoms with van der Waals surface area (Å²) < 4.78 is 33.5. The largest absolute Gasteiger partial charge is 0.497 e. The molecular weight excluding hydrogens is 290 g/mol. The number of ether oxygens (including phenoxy) is 1. The Balaban J connectivity index is 2.64. The van der Waals surface area contributed by atoms with Crippen molar-refractivity contribution in [3.05, 3.63) is 29.8 Å². The van der Waals surface area contributed by atoms with E-state index in [1.165, 1.54) is 4.31 Å². The smallest absolute Gasteiger partial charge is 0.279 e. The van der Waals surface area contributed by atoms with Gasteiger partial charge in [-0.2, -0.15) is 17.4 Å². The summed E-state index contributed by atoms with van der Waals surface area (Å²) in [4.78, 5) is 0. The third-order valence-corrected chi connectivity index (χ3v) is 4.91. The molecule has 7 heteroatoms. The Hall–Kier alpha value is -1.15. The maximum atomic E-state index is 12.2. The lowest BCUT2D eigenvalue weighted by Gasteiger charge is -2.21. The summed E-state index contributed by atoms with van der Waals surface area (Å²) in [5.41, 5.74) is 0.892. The molecule has 2 N–H and O–H groups in total. The van der Waals surface area contributed by atoms with E-state index in [4.69, 9.17) is 4.74 Å². The molecule has 6 nitrogen and oxygen atoms in total. The van der Waals surface area contributed by atoms with Crippen LogP contribution in [0.3, 0.4) is 0 Å². The number of hydrogen-bond donors (Lipinski definition) is 2. The number of methoxy groups -OCH3 is 1. The Morgan fingerprint density at radius 2 is 1.90 bits per heavy atom. The number of nitrogens with zero attached hydrogens (tertiary/aromatic N) is 1. The Morgan fingerprint density at radius 1 is 1.29 bits per heavy atom. The Bertz CT molecular complexity index is 517. The first kappa shape index (κ1) is 17.9. The summed E-state index contributed by atoms with van der Waals surface area (Å²) in [6.45, 7) is 3.08. The van der Waals surface area contributed by atoms with Crippen molar-refractivity contribution in [2.45, 2.75) is 19.4 Å². The van der Waals surface area contributed by atoms with Gasteiger partial charge in [-0.1, -0.05) is 12.1 Å². The number of hydrogen-bond acceptors (Lipinski definition) is 4. The standard InChI is InChI=1S/C14H25N3O3S/c1-12(13-6-8-14(20-4)9-7-13)16-21(18,19)17(3)11-5-10-15-2/h6-9,12,15-16H,5,10-11H2,1-4H3. The van der Waals surface area contributed by atoms with E-state index in [0.717, 1.165) is 24.3 Å². The third kappa shape index (κ3) is 5.62. The molecule has 0 saturated heterocycles. The minimum absolute atomic E-state index is 0.298. The zero-order chi connectivity index (χ0) is 15.9. The van der Waals surface area contributed by atoms with Crippen molar-refractivity contribution in [1.82, 2.24) is 14.3 Å². The molecule has 0 aliphatic rings. The van der Waals surface area contributed by atoms with Crippen LogP contribution in [0.1, 0.15) is 24.9 Å². The van der Waals surface area contributed by atoms with Crippen LogP contribution in [-0.2, 0) is 10.2 Å². The molecule has 1 unspecified atom stereocenters. The summed E-state index contributed by atoms with van der Waals surface area (Å²) in [7, 11) is 1.55. The van der Waals surface area contributed by atoms with Crippen LogP contribution in [-0.4, -0.2) is 47.0 Å². The van der Waals surface area contributed by atoms with Gasteiger partial charge in [-0.25, -0.2) is 0 Å². The third-order valence-electron chi connectivity index (χ3n) is 3.25. The first-order valence-electron chi connectivity index (χ1n) is 6.93. The van der Waals surface area contributed by atoms with Gasteiger partial charge in [-0.3, -0.25) is 0 Å². The first-order valence-corrected chi connectivity index (χ1v) is 8.37. The second-order valence-electron chi connectivity index (χ2n) is 4.90. The van der Waals surface area contributed by atoms with Gasteiger partial charge in [0.15, 0.2) is 0 Å². The van der Waals surface area contributed by atoms with Crippen molar-refractivity contribution in [2.24, 2.45) is 0 Å². The van der Waals surface area contributed by atoms with Crippen LogP contribution < -0.4 is 14.8 Å². The fourth-order valence-electron chi connectivity index (χ4n) is 1.87. The molecule has 0 radical (unpaired) electrons. The average Bonchev–Trinajstić information content (AvgIpc) is 2.47. The topological polar surface area (TPSA) is 70.7 Å². The minimum Gasteiger partial charge on any atom is -0.497 e. The van der Waals surface area contributed by atoms with E-state index >= 15 is 0 Å². The quantitative estimate of drug-likeness (QED) is 0.670. The van der Waals surface area contributed by atoms with Crippen molar-refractivity contribution >= 4 is 10.2 Å². The van der Waals surface area contributed by atoms with Gasteiger partial charge in [0, 0.05) is 19.6 Å². The fraction of sp³-hybridized carbons (Fsp3) is 0.571. The normalized spacial score (nSPS) is 13.4. The van der Waals surface area contributed by atoms with Crippen LogP contribution in [0, 0.1) is 0 Å². The predicted molar refractivity (Wildman–Crippen MR) is 84.6 cm³/mol. The van der Waals surface area contributed by atoms with Crippen LogP contribution in [0.25, 0.3) is 0 Å². The molecule has 0 aliphatic carbocycles. The monoisotopic (exact) mass is 315 g/mol. The lowest BCUT2D eigenvalue weighted by atomic mass is 10.1. The maximum absolute atomic E-state index is 12.2. The number of benzene rings is 1. The highest BCUT2D eigenvalue weighted by Crippen LogP contribution is 2.18. The molecule has 0 heterocycles. The maximum Gasteiger partial charge on any atom is 0.279 e. The van der Waals surface area contributed by atoms with Crippen molar-refractivity contribution < 1.29 is 13.2 Å². The van der Waals surface area contributed by atoms with E-state index in [1.807, 2.05) is 38.2 Å². The fourth-order valence-corrected chi connectivity index (χ4v) is 3.00. The molecule has 0 saturated carbocycles. The molecular formula is C14H25N3O3S. The highest BCUT2D eigenvalue weighted by Gasteiger charge is 2.20. The van der Waals surface area contributed by atoms with Crippen molar-refractivity contribution in [1.29, 1.82) is 0 Å². The lowest BCUT2D eigenvalue weighted by molar-refractivity contribution is 0.414. The minimum atomic E-state index is -3.48. The molecule has 0 amide bonds. The van der Waals surface area contributed by atoms with Gasteiger partial charge in [0.2, 0.25) is 0 Å². The van der Waals surface area contributed by atoms with E-state index in [1.54, 1.807) is 14.2 Å². The molecule has 21 heavy (non-hydrogen) atoms. The molecule has 0 spiro atoms. The van der Waals surface area contributed by atoms with E-state index in [9.17, 15) is 8.42 Å².